The summed E-state index contributed by atoms with van der Waals surface area (Å²) in [4.78, 5) is 26.2. The fourth-order valence-corrected chi connectivity index (χ4v) is 2.63. The van der Waals surface area contributed by atoms with Crippen LogP contribution in [0.1, 0.15) is 13.8 Å². The summed E-state index contributed by atoms with van der Waals surface area (Å²) in [5.74, 6) is 0.620. The first-order chi connectivity index (χ1) is 11.4. The standard InChI is InChI=1S/C17H25N3O4/c1-13(21)18-15-3-5-17(6-4-15)24-12-16(23)11-19-7-9-20(10-8-19)14(2)22/h3-6,16,23H,7-12H2,1-2H3,(H,18,21)/t16-/m0/s1. The number of carbonyl (C=O) groups excluding carboxylic acids is 2. The highest BCUT2D eigenvalue weighted by atomic mass is 16.5. The Kier molecular flexibility index (Phi) is 6.57. The van der Waals surface area contributed by atoms with Gasteiger partial charge in [0.05, 0.1) is 0 Å². The molecule has 1 aliphatic rings. The zero-order valence-corrected chi connectivity index (χ0v) is 14.2. The summed E-state index contributed by atoms with van der Waals surface area (Å²) < 4.78 is 5.57. The van der Waals surface area contributed by atoms with E-state index in [4.69, 9.17) is 4.74 Å². The van der Waals surface area contributed by atoms with Gasteiger partial charge in [-0.15, -0.1) is 0 Å². The van der Waals surface area contributed by atoms with E-state index in [0.29, 0.717) is 31.1 Å². The second-order valence-corrected chi connectivity index (χ2v) is 5.98. The molecular formula is C17H25N3O4. The van der Waals surface area contributed by atoms with Crippen molar-refractivity contribution in [2.45, 2.75) is 20.0 Å². The van der Waals surface area contributed by atoms with Crippen LogP contribution in [-0.2, 0) is 9.59 Å². The van der Waals surface area contributed by atoms with E-state index in [1.165, 1.54) is 6.92 Å². The summed E-state index contributed by atoms with van der Waals surface area (Å²) in [6.07, 6.45) is -0.594. The molecule has 0 spiro atoms. The van der Waals surface area contributed by atoms with Gasteiger partial charge in [0.2, 0.25) is 11.8 Å². The van der Waals surface area contributed by atoms with Crippen LogP contribution in [0.25, 0.3) is 0 Å². The van der Waals surface area contributed by atoms with Gasteiger partial charge in [-0.05, 0) is 24.3 Å². The average Bonchev–Trinajstić information content (AvgIpc) is 2.54. The van der Waals surface area contributed by atoms with Gasteiger partial charge in [-0.1, -0.05) is 0 Å². The van der Waals surface area contributed by atoms with Crippen LogP contribution in [0.3, 0.4) is 0 Å². The number of nitrogens with zero attached hydrogens (tertiary/aromatic N) is 2. The first-order valence-corrected chi connectivity index (χ1v) is 8.10. The van der Waals surface area contributed by atoms with Gasteiger partial charge in [0, 0.05) is 52.3 Å². The van der Waals surface area contributed by atoms with Gasteiger partial charge in [0.1, 0.15) is 18.5 Å². The molecule has 1 aromatic rings. The summed E-state index contributed by atoms with van der Waals surface area (Å²) in [6, 6.07) is 7.02. The Morgan fingerprint density at radius 2 is 1.79 bits per heavy atom. The molecule has 0 unspecified atom stereocenters. The van der Waals surface area contributed by atoms with E-state index in [0.717, 1.165) is 13.1 Å². The lowest BCUT2D eigenvalue weighted by molar-refractivity contribution is -0.130. The van der Waals surface area contributed by atoms with E-state index in [9.17, 15) is 14.7 Å². The molecule has 2 N–H and O–H groups in total. The van der Waals surface area contributed by atoms with E-state index in [2.05, 4.69) is 10.2 Å². The van der Waals surface area contributed by atoms with Crippen molar-refractivity contribution in [2.75, 3.05) is 44.6 Å². The van der Waals surface area contributed by atoms with Crippen LogP contribution in [0.15, 0.2) is 24.3 Å². The third-order valence-electron chi connectivity index (χ3n) is 3.90. The number of aliphatic hydroxyl groups excluding tert-OH is 1. The molecule has 0 aromatic heterocycles. The van der Waals surface area contributed by atoms with Crippen molar-refractivity contribution in [1.29, 1.82) is 0 Å². The maximum Gasteiger partial charge on any atom is 0.221 e. The number of anilines is 1. The van der Waals surface area contributed by atoms with Crippen molar-refractivity contribution in [2.24, 2.45) is 0 Å². The Labute approximate surface area is 142 Å². The fourth-order valence-electron chi connectivity index (χ4n) is 2.63. The number of hydrogen-bond donors (Lipinski definition) is 2. The van der Waals surface area contributed by atoms with Gasteiger partial charge in [-0.3, -0.25) is 14.5 Å². The Hall–Kier alpha value is -2.12. The van der Waals surface area contributed by atoms with Gasteiger partial charge in [0.15, 0.2) is 0 Å². The van der Waals surface area contributed by atoms with E-state index in [-0.39, 0.29) is 18.4 Å². The van der Waals surface area contributed by atoms with Crippen LogP contribution in [-0.4, -0.2) is 72.2 Å². The monoisotopic (exact) mass is 335 g/mol. The molecule has 0 radical (unpaired) electrons. The van der Waals surface area contributed by atoms with E-state index < -0.39 is 6.10 Å². The Bertz CT molecular complexity index is 553. The third kappa shape index (κ3) is 5.82. The summed E-state index contributed by atoms with van der Waals surface area (Å²) in [5.41, 5.74) is 0.707. The maximum absolute atomic E-state index is 11.3. The van der Waals surface area contributed by atoms with Gasteiger partial charge in [-0.2, -0.15) is 0 Å². The van der Waals surface area contributed by atoms with Crippen LogP contribution in [0, 0.1) is 0 Å². The van der Waals surface area contributed by atoms with E-state index >= 15 is 0 Å². The van der Waals surface area contributed by atoms with Gasteiger partial charge in [0.25, 0.3) is 0 Å². The molecule has 132 valence electrons. The second-order valence-electron chi connectivity index (χ2n) is 5.98. The number of rotatable bonds is 6. The second kappa shape index (κ2) is 8.65. The molecule has 0 bridgehead atoms. The highest BCUT2D eigenvalue weighted by Crippen LogP contribution is 2.16. The summed E-state index contributed by atoms with van der Waals surface area (Å²) in [5, 5.41) is 12.8. The summed E-state index contributed by atoms with van der Waals surface area (Å²) >= 11 is 0. The Morgan fingerprint density at radius 1 is 1.17 bits per heavy atom. The third-order valence-corrected chi connectivity index (χ3v) is 3.90. The molecule has 1 saturated heterocycles. The number of amides is 2. The minimum atomic E-state index is -0.594. The largest absolute Gasteiger partial charge is 0.491 e. The Balaban J connectivity index is 1.70. The van der Waals surface area contributed by atoms with Crippen LogP contribution >= 0.6 is 0 Å². The molecule has 1 fully saturated rings. The molecular weight excluding hydrogens is 310 g/mol. The normalized spacial score (nSPS) is 16.5. The molecule has 0 aliphatic carbocycles. The highest BCUT2D eigenvalue weighted by Gasteiger charge is 2.20. The molecule has 1 aliphatic heterocycles. The van der Waals surface area contributed by atoms with Crippen molar-refractivity contribution in [3.05, 3.63) is 24.3 Å². The van der Waals surface area contributed by atoms with Crippen molar-refractivity contribution in [3.8, 4) is 5.75 Å². The smallest absolute Gasteiger partial charge is 0.221 e. The molecule has 1 atom stereocenters. The molecule has 1 aromatic carbocycles. The summed E-state index contributed by atoms with van der Waals surface area (Å²) in [7, 11) is 0. The average molecular weight is 335 g/mol. The number of hydrogen-bond acceptors (Lipinski definition) is 5. The molecule has 1 heterocycles. The lowest BCUT2D eigenvalue weighted by Crippen LogP contribution is -2.50. The minimum Gasteiger partial charge on any atom is -0.491 e. The van der Waals surface area contributed by atoms with Gasteiger partial charge < -0.3 is 20.1 Å². The van der Waals surface area contributed by atoms with Crippen molar-refractivity contribution in [3.63, 3.8) is 0 Å². The molecule has 0 saturated carbocycles. The number of benzene rings is 1. The predicted octanol–water partition coefficient (Wildman–Crippen LogP) is 0.549. The maximum atomic E-state index is 11.3. The fraction of sp³-hybridized carbons (Fsp3) is 0.529. The van der Waals surface area contributed by atoms with Crippen LogP contribution in [0.5, 0.6) is 5.75 Å². The summed E-state index contributed by atoms with van der Waals surface area (Å²) in [6.45, 7) is 6.69. The quantitative estimate of drug-likeness (QED) is 0.793. The van der Waals surface area contributed by atoms with E-state index in [1.807, 2.05) is 4.90 Å². The van der Waals surface area contributed by atoms with Gasteiger partial charge >= 0.3 is 0 Å². The zero-order valence-electron chi connectivity index (χ0n) is 14.2. The molecule has 24 heavy (non-hydrogen) atoms. The van der Waals surface area contributed by atoms with Gasteiger partial charge in [-0.25, -0.2) is 0 Å². The first-order valence-electron chi connectivity index (χ1n) is 8.10. The molecule has 2 amide bonds. The van der Waals surface area contributed by atoms with Crippen molar-refractivity contribution >= 4 is 17.5 Å². The molecule has 2 rings (SSSR count). The topological polar surface area (TPSA) is 82.1 Å². The zero-order chi connectivity index (χ0) is 17.5. The lowest BCUT2D eigenvalue weighted by Gasteiger charge is -2.35. The Morgan fingerprint density at radius 3 is 2.33 bits per heavy atom. The van der Waals surface area contributed by atoms with Crippen molar-refractivity contribution in [1.82, 2.24) is 9.80 Å². The van der Waals surface area contributed by atoms with E-state index in [1.54, 1.807) is 31.2 Å². The number of ether oxygens (including phenoxy) is 1. The van der Waals surface area contributed by atoms with Crippen molar-refractivity contribution < 1.29 is 19.4 Å². The van der Waals surface area contributed by atoms with Crippen LogP contribution in [0.4, 0.5) is 5.69 Å². The molecule has 7 heteroatoms. The van der Waals surface area contributed by atoms with Crippen LogP contribution < -0.4 is 10.1 Å². The SMILES string of the molecule is CC(=O)Nc1ccc(OC[C@@H](O)CN2CCN(C(C)=O)CC2)cc1. The minimum absolute atomic E-state index is 0.0984. The number of carbonyl (C=O) groups is 2. The highest BCUT2D eigenvalue weighted by molar-refractivity contribution is 5.88. The number of aliphatic hydroxyl groups is 1. The number of β-amino-alcohol motifs (C(OH)–C–C–N with tert-alkyl or cyclic N) is 1. The lowest BCUT2D eigenvalue weighted by atomic mass is 10.2. The molecule has 7 nitrogen and oxygen atoms in total. The number of nitrogens with one attached hydrogen (secondary N) is 1. The number of piperazine rings is 1. The van der Waals surface area contributed by atoms with Crippen LogP contribution in [0.2, 0.25) is 0 Å². The predicted molar refractivity (Wildman–Crippen MR) is 90.9 cm³/mol. The first kappa shape index (κ1) is 18.2.